The monoisotopic (exact) mass is 1270 g/mol. The van der Waals surface area contributed by atoms with Crippen molar-refractivity contribution in [1.29, 1.82) is 0 Å². The fraction of sp³-hybridized carbons (Fsp3) is 0.455. The van der Waals surface area contributed by atoms with Gasteiger partial charge in [0.1, 0.15) is 100 Å². The lowest BCUT2D eigenvalue weighted by Gasteiger charge is -2.33. The number of hydrogen-bond donors (Lipinski definition) is 4. The van der Waals surface area contributed by atoms with Crippen LogP contribution in [0, 0.1) is 0 Å². The van der Waals surface area contributed by atoms with Crippen LogP contribution in [0.15, 0.2) is 146 Å². The Bertz CT molecular complexity index is 3040. The number of aromatic hydroxyl groups is 1. The van der Waals surface area contributed by atoms with Gasteiger partial charge in [0, 0.05) is 94.9 Å². The maximum atomic E-state index is 12.2. The van der Waals surface area contributed by atoms with Crippen LogP contribution in [0.25, 0.3) is 0 Å². The van der Waals surface area contributed by atoms with Crippen LogP contribution >= 0.6 is 0 Å². The molecule has 0 aromatic heterocycles. The van der Waals surface area contributed by atoms with E-state index in [4.69, 9.17) is 48.1 Å². The van der Waals surface area contributed by atoms with Gasteiger partial charge in [-0.05, 0) is 166 Å². The van der Waals surface area contributed by atoms with E-state index in [0.29, 0.717) is 29.6 Å². The number of phenols is 1. The van der Waals surface area contributed by atoms with Gasteiger partial charge in [-0.15, -0.1) is 26.3 Å². The maximum Gasteiger partial charge on any atom is 0.573 e. The summed E-state index contributed by atoms with van der Waals surface area (Å²) in [5.74, 6) is 3.51. The van der Waals surface area contributed by atoms with Crippen LogP contribution in [0.3, 0.4) is 0 Å². The summed E-state index contributed by atoms with van der Waals surface area (Å²) in [6, 6.07) is 40.8. The number of piperidine rings is 3. The number of rotatable bonds is 21. The topological polar surface area (TPSA) is 190 Å². The minimum atomic E-state index is -4.69. The molecule has 11 rings (SSSR count). The van der Waals surface area contributed by atoms with Crippen molar-refractivity contribution >= 4 is 17.1 Å². The molecule has 0 radical (unpaired) electrons. The van der Waals surface area contributed by atoms with Gasteiger partial charge < -0.3 is 82.5 Å². The first-order valence-corrected chi connectivity index (χ1v) is 29.6. The van der Waals surface area contributed by atoms with Crippen LogP contribution in [0.1, 0.15) is 59.3 Å². The van der Waals surface area contributed by atoms with Crippen molar-refractivity contribution < 1.29 is 98.5 Å². The van der Waals surface area contributed by atoms with Gasteiger partial charge in [-0.2, -0.15) is 0 Å². The van der Waals surface area contributed by atoms with Crippen molar-refractivity contribution in [1.82, 2.24) is 0 Å². The number of halogens is 7. The molecule has 5 saturated heterocycles. The number of anilines is 3. The van der Waals surface area contributed by atoms with Crippen molar-refractivity contribution in [2.24, 2.45) is 0 Å². The van der Waals surface area contributed by atoms with Gasteiger partial charge >= 0.3 is 12.7 Å². The standard InChI is InChI=1S/C22H24F3NO4.C22H28FNO5.C18H18F3NO3.C4H8O2/c1-21(15-28-21)14-27-17-4-2-16(3-5-17)26-12-10-19(11-13-26)29-18-6-8-20(9-7-18)30-22(23,24)25;1-22(26,14-25)15-27-18-4-2-17(3-5-18)24-12-10-21(11-13-24)29-20-8-6-19(7-9-20)28-16-23;19-18(20,21)25-17-7-5-15(6-8-17)24-16-9-11-22(12-10-16)13-1-3-14(23)4-2-13;1-4(2-5)3-6-4/h2-9,19H,10-15H2,1H3;2-9,21,25-26H,10-16H2,1H3;1-8,16,23H,9-12H2;5H,2-3H2,1H3/t21-;22-;;4-/m01.1/s1. The van der Waals surface area contributed by atoms with Crippen LogP contribution < -0.4 is 52.6 Å². The van der Waals surface area contributed by atoms with E-state index in [2.05, 4.69) is 24.2 Å². The Morgan fingerprint density at radius 1 is 0.456 bits per heavy atom. The second-order valence-electron chi connectivity index (χ2n) is 23.0. The number of hydrogen-bond acceptors (Lipinski definition) is 17. The summed E-state index contributed by atoms with van der Waals surface area (Å²) in [5, 5.41) is 36.5. The summed E-state index contributed by atoms with van der Waals surface area (Å²) in [7, 11) is 0. The Labute approximate surface area is 518 Å². The fourth-order valence-electron chi connectivity index (χ4n) is 9.50. The van der Waals surface area contributed by atoms with E-state index in [1.165, 1.54) is 55.5 Å². The molecule has 5 heterocycles. The van der Waals surface area contributed by atoms with Crippen molar-refractivity contribution in [2.75, 3.05) is 100 Å². The SMILES string of the molecule is C[C@@](O)(CO)COc1ccc(N2CCC(Oc3ccc(OCF)cc3)CC2)cc1.C[C@@]1(CO)CO1.C[C@]1(COc2ccc(N3CCC(Oc4ccc(OC(F)(F)F)cc4)CC3)cc2)CO1.Oc1ccc(N2CCC(Oc3ccc(OC(F)(F)F)cc3)CC2)cc1. The first kappa shape index (κ1) is 68.1. The highest BCUT2D eigenvalue weighted by molar-refractivity contribution is 5.51. The third-order valence-corrected chi connectivity index (χ3v) is 15.1. The highest BCUT2D eigenvalue weighted by atomic mass is 19.4. The molecule has 0 saturated carbocycles. The minimum Gasteiger partial charge on any atom is -0.508 e. The molecule has 24 heteroatoms. The summed E-state index contributed by atoms with van der Waals surface area (Å²) < 4.78 is 137. The molecule has 490 valence electrons. The highest BCUT2D eigenvalue weighted by Gasteiger charge is 2.40. The number of epoxide rings is 2. The fourth-order valence-corrected chi connectivity index (χ4v) is 9.50. The second-order valence-corrected chi connectivity index (χ2v) is 23.0. The van der Waals surface area contributed by atoms with Crippen molar-refractivity contribution in [3.05, 3.63) is 146 Å². The molecule has 0 spiro atoms. The lowest BCUT2D eigenvalue weighted by atomic mass is 10.1. The number of benzene rings is 6. The van der Waals surface area contributed by atoms with Crippen molar-refractivity contribution in [3.63, 3.8) is 0 Å². The van der Waals surface area contributed by atoms with Gasteiger partial charge in [0.05, 0.1) is 26.4 Å². The van der Waals surface area contributed by atoms with E-state index in [1.54, 1.807) is 36.4 Å². The molecular weight excluding hydrogens is 1190 g/mol. The van der Waals surface area contributed by atoms with Gasteiger partial charge in [0.25, 0.3) is 0 Å². The van der Waals surface area contributed by atoms with Gasteiger partial charge in [0.2, 0.25) is 6.86 Å². The van der Waals surface area contributed by atoms with Gasteiger partial charge in [0.15, 0.2) is 0 Å². The quantitative estimate of drug-likeness (QED) is 0.0393. The van der Waals surface area contributed by atoms with E-state index in [9.17, 15) is 40.9 Å². The molecule has 0 aliphatic carbocycles. The zero-order valence-electron chi connectivity index (χ0n) is 50.4. The van der Waals surface area contributed by atoms with E-state index in [-0.39, 0.29) is 66.6 Å². The van der Waals surface area contributed by atoms with Gasteiger partial charge in [-0.25, -0.2) is 4.39 Å². The Morgan fingerprint density at radius 2 is 0.756 bits per heavy atom. The molecule has 0 unspecified atom stereocenters. The number of phenolic OH excluding ortho intramolecular Hbond substituents is 1. The molecule has 3 atom stereocenters. The Morgan fingerprint density at radius 3 is 1.06 bits per heavy atom. The average Bonchev–Trinajstić information content (AvgIpc) is 2.40. The molecule has 17 nitrogen and oxygen atoms in total. The molecule has 90 heavy (non-hydrogen) atoms. The third-order valence-electron chi connectivity index (χ3n) is 15.1. The Balaban J connectivity index is 0.000000167. The maximum absolute atomic E-state index is 12.2. The number of ether oxygens (including phenoxy) is 10. The molecule has 0 bridgehead atoms. The van der Waals surface area contributed by atoms with Crippen molar-refractivity contribution in [3.8, 4) is 51.7 Å². The summed E-state index contributed by atoms with van der Waals surface area (Å²) in [5.41, 5.74) is 1.75. The average molecular weight is 1270 g/mol. The molecule has 0 amide bonds. The molecule has 6 aromatic rings. The smallest absolute Gasteiger partial charge is 0.508 e. The predicted molar refractivity (Wildman–Crippen MR) is 322 cm³/mol. The molecule has 4 N–H and O–H groups in total. The molecule has 5 aliphatic heterocycles. The molecule has 5 fully saturated rings. The number of alkyl halides is 7. The molecular formula is C66H78F7N3O14. The predicted octanol–water partition coefficient (Wildman–Crippen LogP) is 12.1. The first-order valence-electron chi connectivity index (χ1n) is 29.6. The van der Waals surface area contributed by atoms with Crippen LogP contribution in [0.4, 0.5) is 47.8 Å². The van der Waals surface area contributed by atoms with E-state index in [0.717, 1.165) is 120 Å². The van der Waals surface area contributed by atoms with Crippen LogP contribution in [-0.2, 0) is 9.47 Å². The van der Waals surface area contributed by atoms with E-state index >= 15 is 0 Å². The second kappa shape index (κ2) is 31.3. The molecule has 6 aromatic carbocycles. The first-order chi connectivity index (χ1) is 42.9. The molecule has 5 aliphatic rings. The van der Waals surface area contributed by atoms with Gasteiger partial charge in [-0.3, -0.25) is 0 Å². The summed E-state index contributed by atoms with van der Waals surface area (Å²) in [6.07, 6.45) is -4.12. The Hall–Kier alpha value is -7.77. The van der Waals surface area contributed by atoms with E-state index < -0.39 is 25.2 Å². The zero-order chi connectivity index (χ0) is 64.4. The summed E-state index contributed by atoms with van der Waals surface area (Å²) in [6.45, 7) is 11.5. The largest absolute Gasteiger partial charge is 0.573 e. The lowest BCUT2D eigenvalue weighted by Crippen LogP contribution is -2.38. The van der Waals surface area contributed by atoms with Crippen LogP contribution in [0.2, 0.25) is 0 Å². The highest BCUT2D eigenvalue weighted by Crippen LogP contribution is 2.33. The van der Waals surface area contributed by atoms with Crippen LogP contribution in [0.5, 0.6) is 51.7 Å². The number of aliphatic hydroxyl groups excluding tert-OH is 2. The van der Waals surface area contributed by atoms with Crippen molar-refractivity contribution in [2.45, 2.75) is 107 Å². The van der Waals surface area contributed by atoms with Crippen LogP contribution in [-0.4, -0.2) is 154 Å². The van der Waals surface area contributed by atoms with Gasteiger partial charge in [-0.1, -0.05) is 0 Å². The number of nitrogens with zero attached hydrogens (tertiary/aromatic N) is 3. The summed E-state index contributed by atoms with van der Waals surface area (Å²) >= 11 is 0. The van der Waals surface area contributed by atoms with E-state index in [1.807, 2.05) is 74.5 Å². The lowest BCUT2D eigenvalue weighted by molar-refractivity contribution is -0.275. The number of aliphatic hydroxyl groups is 3. The normalized spacial score (nSPS) is 20.0. The minimum absolute atomic E-state index is 0.0164. The Kier molecular flexibility index (Phi) is 23.7. The zero-order valence-corrected chi connectivity index (χ0v) is 50.4. The summed E-state index contributed by atoms with van der Waals surface area (Å²) in [4.78, 5) is 6.79. The third kappa shape index (κ3) is 23.2.